The van der Waals surface area contributed by atoms with Gasteiger partial charge in [0.15, 0.2) is 16.9 Å². The molecule has 236 valence electrons. The van der Waals surface area contributed by atoms with Crippen molar-refractivity contribution in [1.29, 1.82) is 0 Å². The van der Waals surface area contributed by atoms with Gasteiger partial charge in [-0.2, -0.15) is 12.7 Å². The summed E-state index contributed by atoms with van der Waals surface area (Å²) >= 11 is 6.29. The van der Waals surface area contributed by atoms with Crippen molar-refractivity contribution in [2.45, 2.75) is 38.1 Å². The van der Waals surface area contributed by atoms with E-state index in [0.29, 0.717) is 5.56 Å². The van der Waals surface area contributed by atoms with E-state index in [1.165, 1.54) is 43.5 Å². The van der Waals surface area contributed by atoms with E-state index in [4.69, 9.17) is 26.9 Å². The lowest BCUT2D eigenvalue weighted by molar-refractivity contribution is -0.384. The third-order valence-electron chi connectivity index (χ3n) is 5.58. The van der Waals surface area contributed by atoms with Crippen LogP contribution in [0.3, 0.4) is 0 Å². The van der Waals surface area contributed by atoms with Crippen molar-refractivity contribution in [2.24, 2.45) is 10.9 Å². The number of β-lactam (4-membered cyclic amide) rings is 1. The topological polar surface area (TPSA) is 280 Å². The quantitative estimate of drug-likeness (QED) is 0.0395. The predicted octanol–water partition coefficient (Wildman–Crippen LogP) is -0.545. The first-order valence-electron chi connectivity index (χ1n) is 11.9. The zero-order valence-electron chi connectivity index (χ0n) is 22.5. The average Bonchev–Trinajstić information content (AvgIpc) is 3.39. The Bertz CT molecular complexity index is 1640. The number of hydrogen-bond acceptors (Lipinski definition) is 14. The molecule has 4 amide bonds. The largest absolute Gasteiger partial charge is 0.458 e. The predicted molar refractivity (Wildman–Crippen MR) is 149 cm³/mol. The van der Waals surface area contributed by atoms with Crippen LogP contribution in [0.25, 0.3) is 0 Å². The fraction of sp³-hybridized carbons (Fsp3) is 0.318. The summed E-state index contributed by atoms with van der Waals surface area (Å²) in [5, 5.41) is 20.1. The summed E-state index contributed by atoms with van der Waals surface area (Å²) in [5.41, 5.74) is 2.54. The average molecular weight is 676 g/mol. The van der Waals surface area contributed by atoms with Gasteiger partial charge < -0.3 is 25.9 Å². The summed E-state index contributed by atoms with van der Waals surface area (Å²) in [6, 6.07) is 1.33. The maximum absolute atomic E-state index is 13.2. The molecule has 1 fully saturated rings. The number of carbonyl (C=O) groups is 5. The van der Waals surface area contributed by atoms with Gasteiger partial charge in [-0.15, -0.1) is 22.9 Å². The van der Waals surface area contributed by atoms with Crippen LogP contribution < -0.4 is 16.4 Å². The molecular formula is C22H22ClN7O12S2. The smallest absolute Gasteiger partial charge is 0.363 e. The van der Waals surface area contributed by atoms with E-state index in [9.17, 15) is 47.1 Å². The summed E-state index contributed by atoms with van der Waals surface area (Å²) in [4.78, 5) is 81.2. The number of nitrogens with one attached hydrogen (secondary N) is 2. The normalized spacial score (nSPS) is 16.9. The summed E-state index contributed by atoms with van der Waals surface area (Å²) < 4.78 is 37.1. The number of halogens is 1. The van der Waals surface area contributed by atoms with Gasteiger partial charge in [-0.05, 0) is 31.5 Å². The van der Waals surface area contributed by atoms with E-state index in [-0.39, 0.29) is 27.4 Å². The molecule has 0 radical (unpaired) electrons. The van der Waals surface area contributed by atoms with Crippen LogP contribution in [0.15, 0.2) is 34.8 Å². The number of ether oxygens (including phenoxy) is 1. The van der Waals surface area contributed by atoms with Gasteiger partial charge in [0.05, 0.1) is 4.92 Å². The van der Waals surface area contributed by atoms with Gasteiger partial charge in [-0.1, -0.05) is 5.16 Å². The Hall–Kier alpha value is -4.73. The van der Waals surface area contributed by atoms with E-state index in [1.807, 2.05) is 0 Å². The van der Waals surface area contributed by atoms with Crippen LogP contribution >= 0.6 is 22.9 Å². The second kappa shape index (κ2) is 13.3. The van der Waals surface area contributed by atoms with Crippen molar-refractivity contribution in [2.75, 3.05) is 11.2 Å². The van der Waals surface area contributed by atoms with Gasteiger partial charge in [0, 0.05) is 17.5 Å². The standard InChI is InChI=1S/C22H22ClN7O12S2/c1-22(2,20(35)41-8-10-3-5-11(6-4-10)30(36)37)42-28-14(12-9-43-21(25-12)26-13(31)7-23)18(33)27-15-16(17(24)32)29(19(15)34)44(38,39)40/h3-6,9,15-16H,7-8H2,1-2H3,(H2,24,32)(H,27,33)(H,25,26,31)(H,38,39,40)/b28-14-/t15-,16-/m1/s1. The van der Waals surface area contributed by atoms with Crippen molar-refractivity contribution >= 4 is 79.4 Å². The molecule has 1 aromatic carbocycles. The maximum atomic E-state index is 13.2. The van der Waals surface area contributed by atoms with Crippen molar-refractivity contribution in [3.8, 4) is 0 Å². The minimum absolute atomic E-state index is 0.0415. The van der Waals surface area contributed by atoms with Crippen molar-refractivity contribution < 1.29 is 51.4 Å². The third-order valence-corrected chi connectivity index (χ3v) is 7.49. The number of nitrogens with two attached hydrogens (primary N) is 1. The Kier molecular flexibility index (Phi) is 10.2. The first-order valence-corrected chi connectivity index (χ1v) is 14.7. The zero-order chi connectivity index (χ0) is 33.0. The Morgan fingerprint density at radius 3 is 2.45 bits per heavy atom. The highest BCUT2D eigenvalue weighted by molar-refractivity contribution is 7.84. The molecule has 3 rings (SSSR count). The molecule has 1 aliphatic rings. The monoisotopic (exact) mass is 675 g/mol. The highest BCUT2D eigenvalue weighted by atomic mass is 35.5. The summed E-state index contributed by atoms with van der Waals surface area (Å²) in [6.45, 7) is 2.14. The van der Waals surface area contributed by atoms with Crippen LogP contribution in [-0.2, 0) is 50.5 Å². The Morgan fingerprint density at radius 1 is 1.27 bits per heavy atom. The lowest BCUT2D eigenvalue weighted by Crippen LogP contribution is -2.75. The SMILES string of the molecule is CC(C)(O/N=C(\C(=O)N[C@H]1C(=O)N(S(=O)(=O)O)[C@H]1C(N)=O)c1csc(NC(=O)CCl)n1)C(=O)OCc1ccc([N+](=O)[O-])cc1. The fourth-order valence-corrected chi connectivity index (χ4v) is 5.01. The first kappa shape index (κ1) is 33.8. The number of aromatic nitrogens is 1. The summed E-state index contributed by atoms with van der Waals surface area (Å²) in [7, 11) is -5.20. The molecule has 5 N–H and O–H groups in total. The number of thiazole rings is 1. The third kappa shape index (κ3) is 7.80. The molecular weight excluding hydrogens is 654 g/mol. The fourth-order valence-electron chi connectivity index (χ4n) is 3.38. The van der Waals surface area contributed by atoms with Crippen LogP contribution in [0.1, 0.15) is 25.1 Å². The van der Waals surface area contributed by atoms with Gasteiger partial charge in [0.2, 0.25) is 17.4 Å². The molecule has 22 heteroatoms. The number of alkyl halides is 1. The Labute approximate surface area is 256 Å². The molecule has 2 atom stereocenters. The molecule has 0 unspecified atom stereocenters. The molecule has 0 aliphatic carbocycles. The number of primary amides is 1. The second-order valence-corrected chi connectivity index (χ2v) is 11.6. The van der Waals surface area contributed by atoms with Gasteiger partial charge in [-0.3, -0.25) is 33.8 Å². The number of oxime groups is 1. The van der Waals surface area contributed by atoms with Crippen LogP contribution in [0.4, 0.5) is 10.8 Å². The van der Waals surface area contributed by atoms with Gasteiger partial charge >= 0.3 is 16.3 Å². The second-order valence-electron chi connectivity index (χ2n) is 9.17. The maximum Gasteiger partial charge on any atom is 0.363 e. The van der Waals surface area contributed by atoms with Crippen LogP contribution in [0.2, 0.25) is 0 Å². The number of non-ortho nitro benzene ring substituents is 1. The van der Waals surface area contributed by atoms with Crippen molar-refractivity contribution in [1.82, 2.24) is 14.6 Å². The van der Waals surface area contributed by atoms with E-state index in [2.05, 4.69) is 20.8 Å². The molecule has 1 aromatic heterocycles. The minimum atomic E-state index is -5.20. The number of benzene rings is 1. The van der Waals surface area contributed by atoms with Crippen LogP contribution in [-0.4, -0.2) is 86.1 Å². The van der Waals surface area contributed by atoms with E-state index in [0.717, 1.165) is 11.3 Å². The lowest BCUT2D eigenvalue weighted by Gasteiger charge is -2.41. The number of nitro benzene ring substituents is 1. The van der Waals surface area contributed by atoms with Gasteiger partial charge in [0.25, 0.3) is 17.5 Å². The number of amides is 4. The van der Waals surface area contributed by atoms with E-state index < -0.39 is 74.1 Å². The molecule has 19 nitrogen and oxygen atoms in total. The zero-order valence-corrected chi connectivity index (χ0v) is 24.8. The minimum Gasteiger partial charge on any atom is -0.458 e. The number of nitrogens with zero attached hydrogens (tertiary/aromatic N) is 4. The molecule has 1 saturated heterocycles. The van der Waals surface area contributed by atoms with Crippen molar-refractivity contribution in [3.63, 3.8) is 0 Å². The molecule has 0 spiro atoms. The lowest BCUT2D eigenvalue weighted by atomic mass is 9.98. The summed E-state index contributed by atoms with van der Waals surface area (Å²) in [5.74, 6) is -6.08. The number of esters is 1. The molecule has 1 aliphatic heterocycles. The Balaban J connectivity index is 1.84. The summed E-state index contributed by atoms with van der Waals surface area (Å²) in [6.07, 6.45) is 0. The molecule has 0 saturated carbocycles. The Morgan fingerprint density at radius 2 is 1.91 bits per heavy atom. The van der Waals surface area contributed by atoms with E-state index in [1.54, 1.807) is 0 Å². The van der Waals surface area contributed by atoms with Crippen molar-refractivity contribution in [3.05, 3.63) is 51.0 Å². The highest BCUT2D eigenvalue weighted by Crippen LogP contribution is 2.24. The molecule has 0 bridgehead atoms. The number of hydrogen-bond donors (Lipinski definition) is 4. The first-order chi connectivity index (χ1) is 20.5. The molecule has 2 aromatic rings. The number of anilines is 1. The number of rotatable bonds is 13. The molecule has 2 heterocycles. The number of nitro groups is 1. The number of carbonyl (C=O) groups excluding carboxylic acids is 5. The van der Waals surface area contributed by atoms with Gasteiger partial charge in [-0.25, -0.2) is 9.78 Å². The molecule has 44 heavy (non-hydrogen) atoms. The van der Waals surface area contributed by atoms with E-state index >= 15 is 0 Å². The van der Waals surface area contributed by atoms with Gasteiger partial charge in [0.1, 0.15) is 24.2 Å². The van der Waals surface area contributed by atoms with Crippen LogP contribution in [0.5, 0.6) is 0 Å². The van der Waals surface area contributed by atoms with Crippen LogP contribution in [0, 0.1) is 10.1 Å². The highest BCUT2D eigenvalue weighted by Gasteiger charge is 2.57.